The maximum absolute atomic E-state index is 12.8. The van der Waals surface area contributed by atoms with E-state index >= 15 is 0 Å². The van der Waals surface area contributed by atoms with Crippen LogP contribution in [0.25, 0.3) is 0 Å². The van der Waals surface area contributed by atoms with Crippen molar-refractivity contribution < 1.29 is 35.9 Å². The minimum atomic E-state index is -5.00. The van der Waals surface area contributed by atoms with Gasteiger partial charge in [-0.2, -0.15) is 26.3 Å². The Hall–Kier alpha value is -2.26. The molecule has 1 aliphatic heterocycles. The predicted octanol–water partition coefficient (Wildman–Crippen LogP) is 3.67. The molecule has 4 nitrogen and oxygen atoms in total. The molecule has 1 aromatic carbocycles. The third-order valence-corrected chi connectivity index (χ3v) is 3.82. The molecular formula is C15H14F6N2O2. The number of halogens is 6. The molecule has 1 N–H and O–H groups in total. The summed E-state index contributed by atoms with van der Waals surface area (Å²) in [5.41, 5.74) is -3.66. The Kier molecular flexibility index (Phi) is 5.01. The number of benzene rings is 1. The van der Waals surface area contributed by atoms with E-state index in [0.29, 0.717) is 25.1 Å². The highest BCUT2D eigenvalue weighted by atomic mass is 19.4. The lowest BCUT2D eigenvalue weighted by Gasteiger charge is -2.23. The molecule has 1 aromatic rings. The van der Waals surface area contributed by atoms with Crippen molar-refractivity contribution in [3.8, 4) is 0 Å². The molecule has 0 saturated carbocycles. The summed E-state index contributed by atoms with van der Waals surface area (Å²) in [7, 11) is 0. The number of hydrogen-bond acceptors (Lipinski definition) is 2. The molecule has 25 heavy (non-hydrogen) atoms. The van der Waals surface area contributed by atoms with Gasteiger partial charge in [0.2, 0.25) is 11.8 Å². The number of alkyl halides is 6. The molecular weight excluding hydrogens is 354 g/mol. The van der Waals surface area contributed by atoms with Gasteiger partial charge in [0.1, 0.15) is 6.04 Å². The SMILES string of the molecule is CC(=O)N1CCCC1C(=O)Nc1cc(C(F)(F)F)cc(C(F)(F)F)c1. The number of likely N-dealkylation sites (tertiary alicyclic amines) is 1. The lowest BCUT2D eigenvalue weighted by molar-refractivity contribution is -0.143. The van der Waals surface area contributed by atoms with E-state index in [4.69, 9.17) is 0 Å². The van der Waals surface area contributed by atoms with Gasteiger partial charge in [-0.3, -0.25) is 9.59 Å². The molecule has 1 fully saturated rings. The van der Waals surface area contributed by atoms with Crippen molar-refractivity contribution in [3.05, 3.63) is 29.3 Å². The van der Waals surface area contributed by atoms with Crippen LogP contribution in [0, 0.1) is 0 Å². The minimum Gasteiger partial charge on any atom is -0.331 e. The second-order valence-electron chi connectivity index (χ2n) is 5.65. The average molecular weight is 368 g/mol. The second-order valence-corrected chi connectivity index (χ2v) is 5.65. The molecule has 2 amide bonds. The second kappa shape index (κ2) is 6.57. The maximum atomic E-state index is 12.8. The van der Waals surface area contributed by atoms with Crippen molar-refractivity contribution in [2.24, 2.45) is 0 Å². The van der Waals surface area contributed by atoms with Gasteiger partial charge in [0.05, 0.1) is 11.1 Å². The smallest absolute Gasteiger partial charge is 0.331 e. The van der Waals surface area contributed by atoms with E-state index in [1.165, 1.54) is 11.8 Å². The Labute approximate surface area is 138 Å². The highest BCUT2D eigenvalue weighted by Crippen LogP contribution is 2.37. The summed E-state index contributed by atoms with van der Waals surface area (Å²) in [6.45, 7) is 1.54. The average Bonchev–Trinajstić information content (AvgIpc) is 2.94. The minimum absolute atomic E-state index is 0.0207. The number of rotatable bonds is 2. The first-order valence-corrected chi connectivity index (χ1v) is 7.27. The summed E-state index contributed by atoms with van der Waals surface area (Å²) < 4.78 is 76.9. The standard InChI is InChI=1S/C15H14F6N2O2/c1-8(24)23-4-2-3-12(23)13(25)22-11-6-9(14(16,17)18)5-10(7-11)15(19,20)21/h5-7,12H,2-4H2,1H3,(H,22,25). The van der Waals surface area contributed by atoms with Crippen molar-refractivity contribution in [2.75, 3.05) is 11.9 Å². The Morgan fingerprint density at radius 2 is 1.56 bits per heavy atom. The summed E-state index contributed by atoms with van der Waals surface area (Å²) in [6.07, 6.45) is -9.19. The van der Waals surface area contributed by atoms with Gasteiger partial charge in [0.25, 0.3) is 0 Å². The summed E-state index contributed by atoms with van der Waals surface area (Å²) >= 11 is 0. The fourth-order valence-electron chi connectivity index (χ4n) is 2.67. The zero-order valence-electron chi connectivity index (χ0n) is 13.0. The molecule has 1 aliphatic rings. The van der Waals surface area contributed by atoms with E-state index in [9.17, 15) is 35.9 Å². The van der Waals surface area contributed by atoms with Gasteiger partial charge in [0.15, 0.2) is 0 Å². The van der Waals surface area contributed by atoms with Crippen LogP contribution in [0.5, 0.6) is 0 Å². The van der Waals surface area contributed by atoms with Crippen molar-refractivity contribution in [2.45, 2.75) is 38.2 Å². The largest absolute Gasteiger partial charge is 0.416 e. The first-order valence-electron chi connectivity index (χ1n) is 7.27. The van der Waals surface area contributed by atoms with Crippen molar-refractivity contribution >= 4 is 17.5 Å². The van der Waals surface area contributed by atoms with Crippen molar-refractivity contribution in [3.63, 3.8) is 0 Å². The Bertz CT molecular complexity index is 651. The van der Waals surface area contributed by atoms with Crippen LogP contribution in [0.3, 0.4) is 0 Å². The van der Waals surface area contributed by atoms with Gasteiger partial charge in [-0.15, -0.1) is 0 Å². The number of nitrogens with zero attached hydrogens (tertiary/aromatic N) is 1. The highest BCUT2D eigenvalue weighted by molar-refractivity contribution is 5.97. The van der Waals surface area contributed by atoms with Gasteiger partial charge in [-0.25, -0.2) is 0 Å². The van der Waals surface area contributed by atoms with Gasteiger partial charge in [-0.05, 0) is 31.0 Å². The van der Waals surface area contributed by atoms with Gasteiger partial charge in [-0.1, -0.05) is 0 Å². The molecule has 138 valence electrons. The van der Waals surface area contributed by atoms with Crippen LogP contribution in [0.1, 0.15) is 30.9 Å². The predicted molar refractivity (Wildman–Crippen MR) is 75.5 cm³/mol. The quantitative estimate of drug-likeness (QED) is 0.810. The topological polar surface area (TPSA) is 49.4 Å². The number of anilines is 1. The summed E-state index contributed by atoms with van der Waals surface area (Å²) in [6, 6.07) is -0.0746. The number of hydrogen-bond donors (Lipinski definition) is 1. The number of carbonyl (C=O) groups excluding carboxylic acids is 2. The molecule has 1 atom stereocenters. The fourth-order valence-corrected chi connectivity index (χ4v) is 2.67. The molecule has 1 saturated heterocycles. The fraction of sp³-hybridized carbons (Fsp3) is 0.467. The van der Waals surface area contributed by atoms with Crippen LogP contribution in [0.4, 0.5) is 32.0 Å². The van der Waals surface area contributed by atoms with E-state index in [1.54, 1.807) is 0 Å². The third kappa shape index (κ3) is 4.43. The molecule has 1 unspecified atom stereocenters. The lowest BCUT2D eigenvalue weighted by atomic mass is 10.1. The van der Waals surface area contributed by atoms with Crippen LogP contribution in [-0.4, -0.2) is 29.3 Å². The zero-order valence-corrected chi connectivity index (χ0v) is 13.0. The van der Waals surface area contributed by atoms with Crippen LogP contribution >= 0.6 is 0 Å². The van der Waals surface area contributed by atoms with Gasteiger partial charge >= 0.3 is 12.4 Å². The monoisotopic (exact) mass is 368 g/mol. The van der Waals surface area contributed by atoms with Crippen LogP contribution < -0.4 is 5.32 Å². The molecule has 1 heterocycles. The third-order valence-electron chi connectivity index (χ3n) is 3.82. The molecule has 0 spiro atoms. The lowest BCUT2D eigenvalue weighted by Crippen LogP contribution is -2.42. The summed E-state index contributed by atoms with van der Waals surface area (Å²) in [4.78, 5) is 24.8. The summed E-state index contributed by atoms with van der Waals surface area (Å²) in [5.74, 6) is -1.21. The van der Waals surface area contributed by atoms with E-state index in [-0.39, 0.29) is 12.5 Å². The van der Waals surface area contributed by atoms with Crippen LogP contribution in [0.15, 0.2) is 18.2 Å². The first kappa shape index (κ1) is 19.1. The van der Waals surface area contributed by atoms with Crippen molar-refractivity contribution in [1.29, 1.82) is 0 Å². The number of carbonyl (C=O) groups is 2. The zero-order chi connectivity index (χ0) is 19.0. The van der Waals surface area contributed by atoms with E-state index in [2.05, 4.69) is 5.32 Å². The maximum Gasteiger partial charge on any atom is 0.416 e. The molecule has 0 aliphatic carbocycles. The number of amides is 2. The molecule has 0 radical (unpaired) electrons. The molecule has 2 rings (SSSR count). The van der Waals surface area contributed by atoms with Gasteiger partial charge in [0, 0.05) is 19.2 Å². The van der Waals surface area contributed by atoms with Crippen LogP contribution in [0.2, 0.25) is 0 Å². The molecule has 10 heteroatoms. The van der Waals surface area contributed by atoms with E-state index < -0.39 is 47.0 Å². The Balaban J connectivity index is 2.32. The Morgan fingerprint density at radius 3 is 2.00 bits per heavy atom. The van der Waals surface area contributed by atoms with Crippen LogP contribution in [-0.2, 0) is 21.9 Å². The number of nitrogens with one attached hydrogen (secondary N) is 1. The van der Waals surface area contributed by atoms with Crippen molar-refractivity contribution in [1.82, 2.24) is 4.90 Å². The highest BCUT2D eigenvalue weighted by Gasteiger charge is 2.38. The molecule has 0 bridgehead atoms. The van der Waals surface area contributed by atoms with E-state index in [1.807, 2.05) is 0 Å². The summed E-state index contributed by atoms with van der Waals surface area (Å²) in [5, 5.41) is 2.06. The van der Waals surface area contributed by atoms with E-state index in [0.717, 1.165) is 0 Å². The van der Waals surface area contributed by atoms with Gasteiger partial charge < -0.3 is 10.2 Å². The molecule has 0 aromatic heterocycles. The Morgan fingerprint density at radius 1 is 1.04 bits per heavy atom. The normalized spacial score (nSPS) is 18.4. The first-order chi connectivity index (χ1) is 11.4.